The van der Waals surface area contributed by atoms with Crippen LogP contribution in [0.1, 0.15) is 122 Å². The van der Waals surface area contributed by atoms with Crippen molar-refractivity contribution in [3.63, 3.8) is 0 Å². The molecule has 5 N–H and O–H groups in total. The molecular weight excluding hydrogens is 526 g/mol. The molecule has 0 aromatic carbocycles. The van der Waals surface area contributed by atoms with E-state index in [9.17, 15) is 20.1 Å². The van der Waals surface area contributed by atoms with Gasteiger partial charge in [0.25, 0.3) is 0 Å². The molecular formula is C36H63NO5. The molecule has 0 aliphatic heterocycles. The molecule has 0 spiro atoms. The van der Waals surface area contributed by atoms with Gasteiger partial charge in [-0.2, -0.15) is 0 Å². The van der Waals surface area contributed by atoms with E-state index < -0.39 is 52.7 Å². The average molecular weight is 590 g/mol. The summed E-state index contributed by atoms with van der Waals surface area (Å²) in [6.07, 6.45) is 4.79. The van der Waals surface area contributed by atoms with E-state index in [1.807, 2.05) is 6.92 Å². The van der Waals surface area contributed by atoms with Crippen molar-refractivity contribution < 1.29 is 24.9 Å². The molecule has 0 amide bonds. The molecule has 3 saturated carbocycles. The quantitative estimate of drug-likeness (QED) is 0.196. The lowest BCUT2D eigenvalue weighted by Gasteiger charge is -2.70. The summed E-state index contributed by atoms with van der Waals surface area (Å²) in [5.74, 6) is -0.161. The number of aliphatic hydroxyl groups excluding tert-OH is 2. The summed E-state index contributed by atoms with van der Waals surface area (Å²) in [6, 6.07) is 0. The Morgan fingerprint density at radius 2 is 1.62 bits per heavy atom. The number of hydrogen-bond donors (Lipinski definition) is 4. The second-order valence-electron chi connectivity index (χ2n) is 17.8. The van der Waals surface area contributed by atoms with Crippen molar-refractivity contribution in [2.45, 2.75) is 146 Å². The summed E-state index contributed by atoms with van der Waals surface area (Å²) in [5, 5.41) is 34.4. The highest BCUT2D eigenvalue weighted by atomic mass is 16.5. The van der Waals surface area contributed by atoms with Gasteiger partial charge in [-0.15, -0.1) is 0 Å². The number of ether oxygens (including phenoxy) is 1. The van der Waals surface area contributed by atoms with Gasteiger partial charge in [-0.05, 0) is 90.8 Å². The lowest BCUT2D eigenvalue weighted by Crippen LogP contribution is -2.68. The number of rotatable bonds is 6. The van der Waals surface area contributed by atoms with Gasteiger partial charge in [-0.3, -0.25) is 4.79 Å². The largest absolute Gasteiger partial charge is 0.481 e. The van der Waals surface area contributed by atoms with Gasteiger partial charge in [0.05, 0.1) is 24.2 Å². The van der Waals surface area contributed by atoms with Crippen LogP contribution in [0.2, 0.25) is 0 Å². The van der Waals surface area contributed by atoms with Crippen LogP contribution in [0.5, 0.6) is 0 Å². The van der Waals surface area contributed by atoms with Gasteiger partial charge in [0.15, 0.2) is 0 Å². The number of fused-ring (bicyclic) bond motifs is 5. The van der Waals surface area contributed by atoms with E-state index in [0.29, 0.717) is 18.8 Å². The number of carboxylic acid groups (broad SMARTS) is 1. The highest BCUT2D eigenvalue weighted by Gasteiger charge is 2.71. The van der Waals surface area contributed by atoms with Crippen molar-refractivity contribution in [1.82, 2.24) is 0 Å². The fraction of sp³-hybridized carbons (Fsp3) is 0.917. The molecule has 6 heteroatoms. The number of aliphatic hydroxyl groups is 2. The van der Waals surface area contributed by atoms with Gasteiger partial charge in [0, 0.05) is 10.8 Å². The minimum absolute atomic E-state index is 0.103. The zero-order valence-corrected chi connectivity index (χ0v) is 28.8. The molecule has 0 radical (unpaired) electrons. The summed E-state index contributed by atoms with van der Waals surface area (Å²) >= 11 is 0. The Labute approximate surface area is 256 Å². The first-order valence-corrected chi connectivity index (χ1v) is 16.7. The van der Waals surface area contributed by atoms with E-state index in [2.05, 4.69) is 82.2 Å². The van der Waals surface area contributed by atoms with E-state index in [0.717, 1.165) is 25.7 Å². The molecule has 4 aliphatic rings. The zero-order chi connectivity index (χ0) is 32.0. The minimum Gasteiger partial charge on any atom is -0.481 e. The molecule has 0 saturated heterocycles. The third-order valence-electron chi connectivity index (χ3n) is 14.3. The Kier molecular flexibility index (Phi) is 8.53. The molecule has 3 fully saturated rings. The van der Waals surface area contributed by atoms with Crippen molar-refractivity contribution in [1.29, 1.82) is 0 Å². The van der Waals surface area contributed by atoms with Gasteiger partial charge in [0.2, 0.25) is 0 Å². The predicted molar refractivity (Wildman–Crippen MR) is 168 cm³/mol. The molecule has 4 aliphatic carbocycles. The molecule has 6 nitrogen and oxygen atoms in total. The number of allylic oxidation sites excluding steroid dienone is 1. The zero-order valence-electron chi connectivity index (χ0n) is 28.8. The Hall–Kier alpha value is -0.950. The highest BCUT2D eigenvalue weighted by Crippen LogP contribution is 2.74. The number of nitrogens with two attached hydrogens (primary N) is 1. The van der Waals surface area contributed by atoms with Gasteiger partial charge in [-0.1, -0.05) is 87.8 Å². The summed E-state index contributed by atoms with van der Waals surface area (Å²) in [5.41, 5.74) is 5.55. The maximum atomic E-state index is 13.3. The van der Waals surface area contributed by atoms with Crippen LogP contribution in [-0.2, 0) is 9.53 Å². The van der Waals surface area contributed by atoms with Crippen LogP contribution >= 0.6 is 0 Å². The van der Waals surface area contributed by atoms with E-state index >= 15 is 0 Å². The van der Waals surface area contributed by atoms with Crippen molar-refractivity contribution in [2.24, 2.45) is 67.8 Å². The summed E-state index contributed by atoms with van der Waals surface area (Å²) < 4.78 is 6.48. The van der Waals surface area contributed by atoms with Crippen LogP contribution in [0, 0.1) is 62.1 Å². The normalized spacial score (nSPS) is 45.6. The lowest BCUT2D eigenvalue weighted by molar-refractivity contribution is -0.240. The maximum Gasteiger partial charge on any atom is 0.307 e. The van der Waals surface area contributed by atoms with Crippen LogP contribution in [-0.4, -0.2) is 45.8 Å². The first-order chi connectivity index (χ1) is 19.0. The fourth-order valence-corrected chi connectivity index (χ4v) is 11.1. The fourth-order valence-electron chi connectivity index (χ4n) is 11.1. The van der Waals surface area contributed by atoms with Gasteiger partial charge in [0.1, 0.15) is 6.23 Å². The van der Waals surface area contributed by atoms with Crippen LogP contribution in [0.4, 0.5) is 0 Å². The monoisotopic (exact) mass is 589 g/mol. The van der Waals surface area contributed by atoms with E-state index in [4.69, 9.17) is 10.5 Å². The molecule has 12 atom stereocenters. The Morgan fingerprint density at radius 1 is 1.02 bits per heavy atom. The van der Waals surface area contributed by atoms with E-state index in [1.54, 1.807) is 0 Å². The Balaban J connectivity index is 1.82. The standard InChI is InChI=1S/C36H63NO5/c1-20(2)21(3)33(10)17-18-34(11)23-13-14-26-32(8,9)28(42-30(37)31(5,6)7)25(39)19-36(26,22(4)38)24(23)15-16-35(34,12)27(33)29(40)41/h15,20-23,25-28,30,38-39H,13-14,16-19,37H2,1-12H3,(H,40,41)/t21-,22+,23+,25-,26+,27-,28+,30+,33-,34-,35+,36+/m1/s1. The molecule has 42 heavy (non-hydrogen) atoms. The SMILES string of the molecule is CC(C)[C@@H](C)[C@@]1(C)CC[C@]2(C)[C@H]3CC[C@H]4C(C)(C)[C@@H](O[C@H](N)C(C)(C)C)[C@H](O)C[C@]4([C@H](C)O)C3=CC[C@@]2(C)[C@@H]1C(=O)O. The molecule has 0 aromatic rings. The number of hydrogen-bond acceptors (Lipinski definition) is 5. The molecule has 0 unspecified atom stereocenters. The molecule has 0 aromatic heterocycles. The van der Waals surface area contributed by atoms with Crippen LogP contribution in [0.25, 0.3) is 0 Å². The van der Waals surface area contributed by atoms with Crippen molar-refractivity contribution >= 4 is 5.97 Å². The topological polar surface area (TPSA) is 113 Å². The summed E-state index contributed by atoms with van der Waals surface area (Å²) in [6.45, 7) is 26.0. The van der Waals surface area contributed by atoms with Crippen LogP contribution in [0.3, 0.4) is 0 Å². The Bertz CT molecular complexity index is 1080. The first kappa shape index (κ1) is 33.9. The van der Waals surface area contributed by atoms with Gasteiger partial charge in [-0.25, -0.2) is 0 Å². The molecule has 242 valence electrons. The third-order valence-corrected chi connectivity index (χ3v) is 14.3. The van der Waals surface area contributed by atoms with Crippen molar-refractivity contribution in [2.75, 3.05) is 0 Å². The average Bonchev–Trinajstić information content (AvgIpc) is 2.85. The van der Waals surface area contributed by atoms with E-state index in [-0.39, 0.29) is 34.0 Å². The maximum absolute atomic E-state index is 13.3. The predicted octanol–water partition coefficient (Wildman–Crippen LogP) is 7.02. The highest BCUT2D eigenvalue weighted by molar-refractivity contribution is 5.73. The van der Waals surface area contributed by atoms with Gasteiger partial charge < -0.3 is 25.8 Å². The first-order valence-electron chi connectivity index (χ1n) is 16.7. The lowest BCUT2D eigenvalue weighted by atomic mass is 9.34. The second kappa shape index (κ2) is 10.6. The van der Waals surface area contributed by atoms with Crippen LogP contribution in [0.15, 0.2) is 11.6 Å². The Morgan fingerprint density at radius 3 is 2.12 bits per heavy atom. The van der Waals surface area contributed by atoms with Gasteiger partial charge >= 0.3 is 5.97 Å². The molecule has 4 rings (SSSR count). The van der Waals surface area contributed by atoms with E-state index in [1.165, 1.54) is 5.57 Å². The van der Waals surface area contributed by atoms with Crippen molar-refractivity contribution in [3.05, 3.63) is 11.6 Å². The molecule has 0 heterocycles. The summed E-state index contributed by atoms with van der Waals surface area (Å²) in [7, 11) is 0. The van der Waals surface area contributed by atoms with Crippen molar-refractivity contribution in [3.8, 4) is 0 Å². The number of carboxylic acids is 1. The summed E-state index contributed by atoms with van der Waals surface area (Å²) in [4.78, 5) is 13.3. The smallest absolute Gasteiger partial charge is 0.307 e. The van der Waals surface area contributed by atoms with Crippen LogP contribution < -0.4 is 5.73 Å². The minimum atomic E-state index is -0.770. The number of aliphatic carboxylic acids is 1. The number of carbonyl (C=O) groups is 1. The third kappa shape index (κ3) is 4.58. The second-order valence-corrected chi connectivity index (χ2v) is 17.8. The molecule has 0 bridgehead atoms.